The number of esters is 1. The van der Waals surface area contributed by atoms with E-state index in [4.69, 9.17) is 9.47 Å². The molecule has 36 heavy (non-hydrogen) atoms. The third-order valence-electron chi connectivity index (χ3n) is 6.23. The van der Waals surface area contributed by atoms with E-state index in [2.05, 4.69) is 5.32 Å². The van der Waals surface area contributed by atoms with Gasteiger partial charge in [0.1, 0.15) is 5.75 Å². The van der Waals surface area contributed by atoms with Crippen molar-refractivity contribution in [3.05, 3.63) is 59.7 Å². The Morgan fingerprint density at radius 2 is 1.75 bits per heavy atom. The molecule has 0 saturated carbocycles. The number of benzene rings is 2. The predicted octanol–water partition coefficient (Wildman–Crippen LogP) is 2.55. The number of nitrogens with zero attached hydrogens (tertiary/aromatic N) is 1. The molecule has 0 aromatic heterocycles. The van der Waals surface area contributed by atoms with E-state index in [1.54, 1.807) is 24.1 Å². The zero-order valence-electron chi connectivity index (χ0n) is 20.9. The van der Waals surface area contributed by atoms with Crippen LogP contribution in [-0.2, 0) is 30.9 Å². The molecule has 1 heterocycles. The average molecular weight is 562 g/mol. The monoisotopic (exact) mass is 562 g/mol. The van der Waals surface area contributed by atoms with Gasteiger partial charge in [0.15, 0.2) is 0 Å². The number of rotatable bonds is 11. The summed E-state index contributed by atoms with van der Waals surface area (Å²) in [5, 5.41) is 14.0. The van der Waals surface area contributed by atoms with Crippen LogP contribution in [0.25, 0.3) is 0 Å². The van der Waals surface area contributed by atoms with E-state index in [0.717, 1.165) is 28.4 Å². The SMILES string of the molecule is COC(=O)[C@H](Cc1ccc(O)cc1)NC(=O)[C@@H]1CCCN1C(=O)[C@H](C)C[Se]Cc1ccc(OC)cc1. The summed E-state index contributed by atoms with van der Waals surface area (Å²) in [5.41, 5.74) is 1.99. The van der Waals surface area contributed by atoms with Crippen molar-refractivity contribution in [2.45, 2.75) is 48.9 Å². The summed E-state index contributed by atoms with van der Waals surface area (Å²) in [4.78, 5) is 40.4. The van der Waals surface area contributed by atoms with E-state index in [-0.39, 0.29) is 44.9 Å². The molecule has 0 bridgehead atoms. The predicted molar refractivity (Wildman–Crippen MR) is 137 cm³/mol. The summed E-state index contributed by atoms with van der Waals surface area (Å²) in [6.45, 7) is 2.46. The van der Waals surface area contributed by atoms with E-state index in [1.807, 2.05) is 31.2 Å². The van der Waals surface area contributed by atoms with Gasteiger partial charge >= 0.3 is 208 Å². The Hall–Kier alpha value is -3.03. The summed E-state index contributed by atoms with van der Waals surface area (Å²) in [7, 11) is 2.92. The van der Waals surface area contributed by atoms with Crippen LogP contribution in [0.5, 0.6) is 11.5 Å². The number of likely N-dealkylation sites (tertiary alicyclic amines) is 1. The molecule has 2 amide bonds. The van der Waals surface area contributed by atoms with Crippen LogP contribution in [0, 0.1) is 5.92 Å². The molecule has 1 aliphatic heterocycles. The van der Waals surface area contributed by atoms with Crippen molar-refractivity contribution in [2.75, 3.05) is 20.8 Å². The number of nitrogens with one attached hydrogen (secondary N) is 1. The van der Waals surface area contributed by atoms with Crippen LogP contribution in [0.1, 0.15) is 30.9 Å². The van der Waals surface area contributed by atoms with Gasteiger partial charge in [-0.3, -0.25) is 0 Å². The summed E-state index contributed by atoms with van der Waals surface area (Å²) in [6.07, 6.45) is 1.53. The first kappa shape index (κ1) is 27.6. The van der Waals surface area contributed by atoms with E-state index in [0.29, 0.717) is 13.0 Å². The molecule has 1 saturated heterocycles. The minimum absolute atomic E-state index is 0.0163. The second-order valence-corrected chi connectivity index (χ2v) is 11.1. The number of carbonyl (C=O) groups is 3. The van der Waals surface area contributed by atoms with Gasteiger partial charge in [-0.05, 0) is 0 Å². The third-order valence-corrected chi connectivity index (χ3v) is 8.91. The van der Waals surface area contributed by atoms with Crippen LogP contribution < -0.4 is 10.1 Å². The molecule has 0 unspecified atom stereocenters. The van der Waals surface area contributed by atoms with Gasteiger partial charge in [-0.2, -0.15) is 0 Å². The standard InChI is InChI=1S/C27H34N2O6Se/c1-18(16-36-17-20-8-12-22(34-2)13-9-20)26(32)29-14-4-5-24(29)25(31)28-23(27(33)35-3)15-19-6-10-21(30)11-7-19/h6-13,18,23-24,30H,4-5,14-17H2,1-3H3,(H,28,31)/t18-,23+,24+/m1/s1. The van der Waals surface area contributed by atoms with Crippen molar-refractivity contribution in [3.63, 3.8) is 0 Å². The fourth-order valence-corrected chi connectivity index (χ4v) is 6.39. The van der Waals surface area contributed by atoms with Gasteiger partial charge in [0.25, 0.3) is 0 Å². The number of hydrogen-bond donors (Lipinski definition) is 2. The van der Waals surface area contributed by atoms with Gasteiger partial charge in [-0.1, -0.05) is 0 Å². The van der Waals surface area contributed by atoms with Crippen LogP contribution >= 0.6 is 0 Å². The van der Waals surface area contributed by atoms with Crippen molar-refractivity contribution in [1.82, 2.24) is 10.2 Å². The third kappa shape index (κ3) is 7.48. The van der Waals surface area contributed by atoms with Gasteiger partial charge < -0.3 is 5.11 Å². The molecule has 9 heteroatoms. The Labute approximate surface area is 218 Å². The Bertz CT molecular complexity index is 1030. The Morgan fingerprint density at radius 3 is 2.39 bits per heavy atom. The number of amides is 2. The summed E-state index contributed by atoms with van der Waals surface area (Å²) in [5.74, 6) is -0.141. The zero-order chi connectivity index (χ0) is 26.1. The minimum atomic E-state index is -0.880. The van der Waals surface area contributed by atoms with Gasteiger partial charge in [0, 0.05) is 0 Å². The molecular formula is C27H34N2O6Se. The number of methoxy groups -OCH3 is 2. The first-order chi connectivity index (χ1) is 17.3. The normalized spacial score (nSPS) is 16.8. The summed E-state index contributed by atoms with van der Waals surface area (Å²) < 4.78 is 10.1. The van der Waals surface area contributed by atoms with Crippen LogP contribution in [0.15, 0.2) is 48.5 Å². The van der Waals surface area contributed by atoms with Gasteiger partial charge in [0.05, 0.1) is 0 Å². The number of ether oxygens (including phenoxy) is 2. The second-order valence-electron chi connectivity index (χ2n) is 8.91. The Morgan fingerprint density at radius 1 is 1.08 bits per heavy atom. The molecule has 2 aromatic carbocycles. The number of phenols is 1. The maximum atomic E-state index is 13.2. The summed E-state index contributed by atoms with van der Waals surface area (Å²) in [6, 6.07) is 12.9. The van der Waals surface area contributed by atoms with Crippen LogP contribution in [-0.4, -0.2) is 75.6 Å². The fraction of sp³-hybridized carbons (Fsp3) is 0.444. The molecule has 3 rings (SSSR count). The molecule has 0 spiro atoms. The van der Waals surface area contributed by atoms with Gasteiger partial charge in [-0.15, -0.1) is 0 Å². The maximum absolute atomic E-state index is 13.2. The van der Waals surface area contributed by atoms with Crippen LogP contribution in [0.3, 0.4) is 0 Å². The number of hydrogen-bond acceptors (Lipinski definition) is 6. The molecule has 3 atom stereocenters. The van der Waals surface area contributed by atoms with Crippen LogP contribution in [0.4, 0.5) is 0 Å². The molecule has 194 valence electrons. The Balaban J connectivity index is 1.56. The molecular weight excluding hydrogens is 527 g/mol. The van der Waals surface area contributed by atoms with Crippen molar-refractivity contribution in [2.24, 2.45) is 5.92 Å². The van der Waals surface area contributed by atoms with E-state index >= 15 is 0 Å². The molecule has 0 radical (unpaired) electrons. The first-order valence-electron chi connectivity index (χ1n) is 12.0. The van der Waals surface area contributed by atoms with E-state index in [1.165, 1.54) is 24.8 Å². The molecule has 1 aliphatic rings. The number of carbonyl (C=O) groups excluding carboxylic acids is 3. The number of aromatic hydroxyl groups is 1. The molecule has 1 fully saturated rings. The topological polar surface area (TPSA) is 105 Å². The van der Waals surface area contributed by atoms with E-state index in [9.17, 15) is 19.5 Å². The quantitative estimate of drug-likeness (QED) is 0.323. The van der Waals surface area contributed by atoms with Gasteiger partial charge in [-0.25, -0.2) is 0 Å². The molecule has 8 nitrogen and oxygen atoms in total. The molecule has 2 aromatic rings. The average Bonchev–Trinajstić information content (AvgIpc) is 3.39. The number of phenolic OH excluding ortho intramolecular Hbond substituents is 1. The van der Waals surface area contributed by atoms with Crippen molar-refractivity contribution in [1.29, 1.82) is 0 Å². The second kappa shape index (κ2) is 13.3. The van der Waals surface area contributed by atoms with Crippen molar-refractivity contribution < 1.29 is 29.0 Å². The fourth-order valence-electron chi connectivity index (χ4n) is 4.20. The van der Waals surface area contributed by atoms with Crippen LogP contribution in [0.2, 0.25) is 5.32 Å². The summed E-state index contributed by atoms with van der Waals surface area (Å²) >= 11 is 0.251. The Kier molecular flexibility index (Phi) is 10.2. The van der Waals surface area contributed by atoms with Crippen molar-refractivity contribution in [3.8, 4) is 11.5 Å². The zero-order valence-corrected chi connectivity index (χ0v) is 22.7. The molecule has 0 aliphatic carbocycles. The van der Waals surface area contributed by atoms with E-state index < -0.39 is 18.1 Å². The molecule has 2 N–H and O–H groups in total. The first-order valence-corrected chi connectivity index (χ1v) is 14.4. The van der Waals surface area contributed by atoms with Crippen molar-refractivity contribution >= 4 is 32.7 Å². The van der Waals surface area contributed by atoms with Gasteiger partial charge in [0.2, 0.25) is 0 Å².